The standard InChI is InChI=1S/C21H30NO4.CH4O4S/c1-22(2)14-13-18(15-22)26-20(24)21(19(23)25-3,17-11-7-8-12-17)16-9-5-4-6-10-16;1-5-6(2,3)4/h4-6,9-10,17-18H,7-8,11-15H2,1-3H3;1H3,(H,2,3,4)/q+1;/p-1. The molecule has 180 valence electrons. The van der Waals surface area contributed by atoms with Crippen LogP contribution in [0, 0.1) is 5.92 Å². The van der Waals surface area contributed by atoms with E-state index in [-0.39, 0.29) is 12.0 Å². The maximum absolute atomic E-state index is 13.5. The summed E-state index contributed by atoms with van der Waals surface area (Å²) in [4.78, 5) is 26.5. The molecule has 1 aromatic carbocycles. The van der Waals surface area contributed by atoms with Gasteiger partial charge in [0, 0.05) is 6.42 Å². The Balaban J connectivity index is 0.000000534. The van der Waals surface area contributed by atoms with Crippen LogP contribution in [0.4, 0.5) is 0 Å². The molecule has 1 saturated carbocycles. The zero-order valence-corrected chi connectivity index (χ0v) is 19.9. The van der Waals surface area contributed by atoms with E-state index >= 15 is 0 Å². The Bertz CT molecular complexity index is 880. The number of rotatable bonds is 6. The summed E-state index contributed by atoms with van der Waals surface area (Å²) in [6.45, 7) is 1.75. The average Bonchev–Trinajstić information content (AvgIpc) is 3.39. The number of benzene rings is 1. The van der Waals surface area contributed by atoms with Crippen molar-refractivity contribution in [1.82, 2.24) is 0 Å². The van der Waals surface area contributed by atoms with E-state index in [1.54, 1.807) is 0 Å². The number of carbonyl (C=O) groups excluding carboxylic acids is 2. The van der Waals surface area contributed by atoms with Crippen molar-refractivity contribution in [3.8, 4) is 0 Å². The Labute approximate surface area is 190 Å². The summed E-state index contributed by atoms with van der Waals surface area (Å²) in [5, 5.41) is 0. The highest BCUT2D eigenvalue weighted by molar-refractivity contribution is 7.80. The van der Waals surface area contributed by atoms with Crippen LogP contribution in [0.25, 0.3) is 0 Å². The molecule has 2 atom stereocenters. The van der Waals surface area contributed by atoms with Crippen LogP contribution in [0.15, 0.2) is 30.3 Å². The van der Waals surface area contributed by atoms with Crippen molar-refractivity contribution in [3.63, 3.8) is 0 Å². The Morgan fingerprint density at radius 2 is 1.59 bits per heavy atom. The number of hydrogen-bond acceptors (Lipinski definition) is 8. The summed E-state index contributed by atoms with van der Waals surface area (Å²) in [6.07, 6.45) is 4.41. The van der Waals surface area contributed by atoms with Crippen LogP contribution in [0.5, 0.6) is 0 Å². The SMILES string of the molecule is COC(=O)C(C(=O)OC1CC[N+](C)(C)C1)(c1ccccc1)C1CCCC1.COS(=O)(=O)[O-]. The maximum Gasteiger partial charge on any atom is 0.328 e. The molecule has 3 rings (SSSR count). The third-order valence-corrected chi connectivity index (χ3v) is 6.67. The van der Waals surface area contributed by atoms with Crippen molar-refractivity contribution in [2.24, 2.45) is 5.92 Å². The molecule has 0 amide bonds. The lowest BCUT2D eigenvalue weighted by Gasteiger charge is -2.35. The van der Waals surface area contributed by atoms with E-state index in [0.717, 1.165) is 56.8 Å². The van der Waals surface area contributed by atoms with E-state index in [4.69, 9.17) is 9.47 Å². The summed E-state index contributed by atoms with van der Waals surface area (Å²) >= 11 is 0. The largest absolute Gasteiger partial charge is 0.726 e. The van der Waals surface area contributed by atoms with Gasteiger partial charge in [-0.2, -0.15) is 0 Å². The first kappa shape index (κ1) is 26.2. The monoisotopic (exact) mass is 471 g/mol. The molecule has 2 aliphatic rings. The molecule has 0 radical (unpaired) electrons. The first-order valence-corrected chi connectivity index (χ1v) is 12.0. The zero-order valence-electron chi connectivity index (χ0n) is 19.1. The minimum atomic E-state index is -4.41. The lowest BCUT2D eigenvalue weighted by atomic mass is 9.69. The van der Waals surface area contributed by atoms with Crippen molar-refractivity contribution in [3.05, 3.63) is 35.9 Å². The molecule has 0 aromatic heterocycles. The lowest BCUT2D eigenvalue weighted by Crippen LogP contribution is -2.52. The molecule has 1 aliphatic carbocycles. The number of likely N-dealkylation sites (N-methyl/N-ethyl adjacent to an activating group) is 1. The van der Waals surface area contributed by atoms with Gasteiger partial charge in [-0.05, 0) is 24.3 Å². The lowest BCUT2D eigenvalue weighted by molar-refractivity contribution is -0.879. The van der Waals surface area contributed by atoms with Crippen molar-refractivity contribution >= 4 is 22.3 Å². The molecule has 0 bridgehead atoms. The number of methoxy groups -OCH3 is 1. The quantitative estimate of drug-likeness (QED) is 0.202. The van der Waals surface area contributed by atoms with Gasteiger partial charge in [0.15, 0.2) is 11.5 Å². The van der Waals surface area contributed by atoms with Crippen LogP contribution in [-0.2, 0) is 39.1 Å². The predicted octanol–water partition coefficient (Wildman–Crippen LogP) is 1.77. The zero-order chi connectivity index (χ0) is 24.0. The topological polar surface area (TPSA) is 119 Å². The van der Waals surface area contributed by atoms with Crippen molar-refractivity contribution in [2.45, 2.75) is 43.6 Å². The molecule has 2 unspecified atom stereocenters. The van der Waals surface area contributed by atoms with Crippen LogP contribution < -0.4 is 0 Å². The number of nitrogens with zero attached hydrogens (tertiary/aromatic N) is 1. The van der Waals surface area contributed by atoms with Gasteiger partial charge in [0.05, 0.1) is 34.9 Å². The highest BCUT2D eigenvalue weighted by Gasteiger charge is 2.57. The number of likely N-dealkylation sites (tertiary alicyclic amines) is 1. The molecule has 32 heavy (non-hydrogen) atoms. The fourth-order valence-electron chi connectivity index (χ4n) is 4.68. The van der Waals surface area contributed by atoms with Gasteiger partial charge in [-0.3, -0.25) is 13.8 Å². The second-order valence-corrected chi connectivity index (χ2v) is 10.0. The van der Waals surface area contributed by atoms with Gasteiger partial charge < -0.3 is 18.5 Å². The van der Waals surface area contributed by atoms with E-state index in [1.165, 1.54) is 7.11 Å². The van der Waals surface area contributed by atoms with E-state index in [1.807, 2.05) is 30.3 Å². The fraction of sp³-hybridized carbons (Fsp3) is 0.636. The third kappa shape index (κ3) is 6.28. The van der Waals surface area contributed by atoms with Gasteiger partial charge in [0.2, 0.25) is 10.4 Å². The molecule has 10 heteroatoms. The number of esters is 2. The number of quaternary nitrogens is 1. The van der Waals surface area contributed by atoms with Gasteiger partial charge in [0.25, 0.3) is 0 Å². The van der Waals surface area contributed by atoms with E-state index in [0.29, 0.717) is 5.56 Å². The summed E-state index contributed by atoms with van der Waals surface area (Å²) in [6, 6.07) is 9.33. The summed E-state index contributed by atoms with van der Waals surface area (Å²) in [5.74, 6) is -1.00. The van der Waals surface area contributed by atoms with E-state index in [2.05, 4.69) is 18.3 Å². The third-order valence-electron chi connectivity index (χ3n) is 6.26. The van der Waals surface area contributed by atoms with E-state index < -0.39 is 27.8 Å². The molecule has 9 nitrogen and oxygen atoms in total. The predicted molar refractivity (Wildman–Crippen MR) is 115 cm³/mol. The van der Waals surface area contributed by atoms with Gasteiger partial charge >= 0.3 is 11.9 Å². The molecule has 2 fully saturated rings. The van der Waals surface area contributed by atoms with Crippen LogP contribution >= 0.6 is 0 Å². The summed E-state index contributed by atoms with van der Waals surface area (Å²) in [5.41, 5.74) is -0.665. The Hall–Kier alpha value is -2.01. The van der Waals surface area contributed by atoms with Crippen LogP contribution in [0.3, 0.4) is 0 Å². The van der Waals surface area contributed by atoms with Gasteiger partial charge in [-0.15, -0.1) is 0 Å². The molecule has 1 heterocycles. The molecular weight excluding hydrogens is 438 g/mol. The smallest absolute Gasteiger partial charge is 0.328 e. The van der Waals surface area contributed by atoms with Crippen molar-refractivity contribution in [1.29, 1.82) is 0 Å². The molecule has 1 aromatic rings. The fourth-order valence-corrected chi connectivity index (χ4v) is 4.68. The van der Waals surface area contributed by atoms with Crippen LogP contribution in [0.1, 0.15) is 37.7 Å². The molecule has 1 aliphatic heterocycles. The summed E-state index contributed by atoms with van der Waals surface area (Å²) in [7, 11) is 2.02. The Morgan fingerprint density at radius 1 is 1.03 bits per heavy atom. The highest BCUT2D eigenvalue weighted by atomic mass is 32.3. The molecular formula is C22H33NO8S. The first-order chi connectivity index (χ1) is 15.0. The minimum Gasteiger partial charge on any atom is -0.726 e. The Morgan fingerprint density at radius 3 is 2.03 bits per heavy atom. The molecule has 0 spiro atoms. The second kappa shape index (κ2) is 10.7. The van der Waals surface area contributed by atoms with Gasteiger partial charge in [-0.25, -0.2) is 8.42 Å². The Kier molecular flexibility index (Phi) is 8.81. The maximum atomic E-state index is 13.5. The van der Waals surface area contributed by atoms with Crippen LogP contribution in [-0.4, -0.2) is 76.9 Å². The van der Waals surface area contributed by atoms with Crippen LogP contribution in [0.2, 0.25) is 0 Å². The number of carbonyl (C=O) groups is 2. The van der Waals surface area contributed by atoms with Gasteiger partial charge in [-0.1, -0.05) is 43.2 Å². The van der Waals surface area contributed by atoms with Gasteiger partial charge in [0.1, 0.15) is 6.54 Å². The van der Waals surface area contributed by atoms with E-state index in [9.17, 15) is 22.6 Å². The second-order valence-electron chi connectivity index (χ2n) is 8.88. The molecule has 1 saturated heterocycles. The molecule has 0 N–H and O–H groups in total. The average molecular weight is 472 g/mol. The van der Waals surface area contributed by atoms with Crippen molar-refractivity contribution in [2.75, 3.05) is 41.4 Å². The summed E-state index contributed by atoms with van der Waals surface area (Å²) < 4.78 is 43.0. The van der Waals surface area contributed by atoms with Crippen molar-refractivity contribution < 1.29 is 40.7 Å². The number of ether oxygens (including phenoxy) is 2. The normalized spacial score (nSPS) is 22.3. The number of hydrogen-bond donors (Lipinski definition) is 0. The first-order valence-electron chi connectivity index (χ1n) is 10.6. The minimum absolute atomic E-state index is 0.0752. The highest BCUT2D eigenvalue weighted by Crippen LogP contribution is 2.44.